The van der Waals surface area contributed by atoms with Gasteiger partial charge in [-0.25, -0.2) is 4.98 Å². The Hall–Kier alpha value is -2.03. The third kappa shape index (κ3) is 3.89. The van der Waals surface area contributed by atoms with Gasteiger partial charge in [0.25, 0.3) is 0 Å². The van der Waals surface area contributed by atoms with Gasteiger partial charge in [-0.3, -0.25) is 0 Å². The maximum absolute atomic E-state index is 12.7. The first-order valence-corrected chi connectivity index (χ1v) is 7.18. The molecule has 130 valence electrons. The molecular formula is C15H15ClF3N3O2. The highest BCUT2D eigenvalue weighted by atomic mass is 35.5. The zero-order valence-corrected chi connectivity index (χ0v) is 13.4. The molecule has 1 unspecified atom stereocenters. The van der Waals surface area contributed by atoms with Gasteiger partial charge in [0.15, 0.2) is 11.5 Å². The smallest absolute Gasteiger partial charge is 0.417 e. The van der Waals surface area contributed by atoms with Gasteiger partial charge < -0.3 is 20.9 Å². The van der Waals surface area contributed by atoms with Gasteiger partial charge in [0.1, 0.15) is 5.02 Å². The van der Waals surface area contributed by atoms with E-state index in [1.165, 1.54) is 7.11 Å². The summed E-state index contributed by atoms with van der Waals surface area (Å²) in [6.07, 6.45) is -3.91. The van der Waals surface area contributed by atoms with E-state index in [0.29, 0.717) is 17.5 Å². The molecule has 1 atom stereocenters. The fourth-order valence-electron chi connectivity index (χ4n) is 1.97. The summed E-state index contributed by atoms with van der Waals surface area (Å²) in [5.41, 5.74) is 11.0. The third-order valence-electron chi connectivity index (χ3n) is 3.22. The van der Waals surface area contributed by atoms with Crippen LogP contribution < -0.4 is 20.9 Å². The van der Waals surface area contributed by atoms with Gasteiger partial charge in [0, 0.05) is 24.3 Å². The van der Waals surface area contributed by atoms with Crippen LogP contribution in [-0.2, 0) is 6.18 Å². The molecule has 0 saturated carbocycles. The lowest BCUT2D eigenvalue weighted by Gasteiger charge is -2.18. The molecule has 1 aromatic heterocycles. The SMILES string of the molecule is COc1cccc(C(N)CN)c1Oc1ncc(C(F)(F)F)cc1Cl. The Morgan fingerprint density at radius 2 is 2.04 bits per heavy atom. The maximum atomic E-state index is 12.7. The average molecular weight is 362 g/mol. The van der Waals surface area contributed by atoms with Crippen molar-refractivity contribution in [1.82, 2.24) is 4.98 Å². The lowest BCUT2D eigenvalue weighted by molar-refractivity contribution is -0.137. The molecule has 5 nitrogen and oxygen atoms in total. The van der Waals surface area contributed by atoms with E-state index in [-0.39, 0.29) is 23.2 Å². The van der Waals surface area contributed by atoms with Gasteiger partial charge in [-0.15, -0.1) is 0 Å². The monoisotopic (exact) mass is 361 g/mol. The molecule has 9 heteroatoms. The number of para-hydroxylation sites is 1. The van der Waals surface area contributed by atoms with Crippen LogP contribution in [0.5, 0.6) is 17.4 Å². The number of aromatic nitrogens is 1. The summed E-state index contributed by atoms with van der Waals surface area (Å²) >= 11 is 5.86. The minimum Gasteiger partial charge on any atom is -0.493 e. The molecule has 1 aromatic carbocycles. The average Bonchev–Trinajstić information content (AvgIpc) is 2.55. The second-order valence-corrected chi connectivity index (χ2v) is 5.24. The van der Waals surface area contributed by atoms with E-state index < -0.39 is 17.8 Å². The minimum atomic E-state index is -4.55. The number of methoxy groups -OCH3 is 1. The molecule has 0 amide bonds. The largest absolute Gasteiger partial charge is 0.493 e. The van der Waals surface area contributed by atoms with Crippen LogP contribution in [0.1, 0.15) is 17.2 Å². The fraction of sp³-hybridized carbons (Fsp3) is 0.267. The van der Waals surface area contributed by atoms with E-state index in [1.54, 1.807) is 18.2 Å². The van der Waals surface area contributed by atoms with Crippen LogP contribution in [0.3, 0.4) is 0 Å². The van der Waals surface area contributed by atoms with E-state index in [9.17, 15) is 13.2 Å². The highest BCUT2D eigenvalue weighted by Gasteiger charge is 2.32. The Morgan fingerprint density at radius 1 is 1.33 bits per heavy atom. The van der Waals surface area contributed by atoms with Crippen LogP contribution in [-0.4, -0.2) is 18.6 Å². The number of rotatable bonds is 5. The number of benzene rings is 1. The number of hydrogen-bond acceptors (Lipinski definition) is 5. The second-order valence-electron chi connectivity index (χ2n) is 4.83. The molecule has 0 bridgehead atoms. The summed E-state index contributed by atoms with van der Waals surface area (Å²) in [6.45, 7) is 0.137. The van der Waals surface area contributed by atoms with E-state index in [4.69, 9.17) is 32.5 Å². The molecule has 0 saturated heterocycles. The zero-order valence-electron chi connectivity index (χ0n) is 12.6. The minimum absolute atomic E-state index is 0.137. The van der Waals surface area contributed by atoms with Crippen molar-refractivity contribution < 1.29 is 22.6 Å². The molecule has 1 heterocycles. The van der Waals surface area contributed by atoms with E-state index in [1.807, 2.05) is 0 Å². The van der Waals surface area contributed by atoms with Crippen LogP contribution in [0.15, 0.2) is 30.5 Å². The standard InChI is InChI=1S/C15H15ClF3N3O2/c1-23-12-4-2-3-9(11(21)6-20)13(12)24-14-10(16)5-8(7-22-14)15(17,18)19/h2-5,7,11H,6,20-21H2,1H3. The highest BCUT2D eigenvalue weighted by Crippen LogP contribution is 2.40. The van der Waals surface area contributed by atoms with Gasteiger partial charge >= 0.3 is 6.18 Å². The first-order valence-electron chi connectivity index (χ1n) is 6.81. The molecule has 0 aliphatic heterocycles. The van der Waals surface area contributed by atoms with Gasteiger partial charge in [0.2, 0.25) is 5.88 Å². The molecule has 0 fully saturated rings. The van der Waals surface area contributed by atoms with Crippen LogP contribution >= 0.6 is 11.6 Å². The molecule has 0 spiro atoms. The van der Waals surface area contributed by atoms with E-state index in [2.05, 4.69) is 4.98 Å². The Balaban J connectivity index is 2.44. The van der Waals surface area contributed by atoms with E-state index >= 15 is 0 Å². The van der Waals surface area contributed by atoms with Crippen molar-refractivity contribution in [3.05, 3.63) is 46.6 Å². The first kappa shape index (κ1) is 18.3. The Kier molecular flexibility index (Phi) is 5.53. The Morgan fingerprint density at radius 3 is 2.58 bits per heavy atom. The number of alkyl halides is 3. The maximum Gasteiger partial charge on any atom is 0.417 e. The summed E-state index contributed by atoms with van der Waals surface area (Å²) in [5.74, 6) is 0.334. The zero-order chi connectivity index (χ0) is 17.9. The number of hydrogen-bond donors (Lipinski definition) is 2. The normalized spacial score (nSPS) is 12.8. The van der Waals surface area contributed by atoms with Crippen LogP contribution in [0, 0.1) is 0 Å². The number of pyridine rings is 1. The van der Waals surface area contributed by atoms with Crippen molar-refractivity contribution in [1.29, 1.82) is 0 Å². The fourth-order valence-corrected chi connectivity index (χ4v) is 2.18. The van der Waals surface area contributed by atoms with Crippen molar-refractivity contribution in [2.24, 2.45) is 11.5 Å². The number of nitrogens with zero attached hydrogens (tertiary/aromatic N) is 1. The molecule has 0 aliphatic carbocycles. The molecule has 2 rings (SSSR count). The molecule has 0 aliphatic rings. The van der Waals surface area contributed by atoms with Crippen molar-refractivity contribution in [3.8, 4) is 17.4 Å². The highest BCUT2D eigenvalue weighted by molar-refractivity contribution is 6.31. The lowest BCUT2D eigenvalue weighted by Crippen LogP contribution is -2.21. The topological polar surface area (TPSA) is 83.4 Å². The lowest BCUT2D eigenvalue weighted by atomic mass is 10.1. The molecule has 24 heavy (non-hydrogen) atoms. The molecular weight excluding hydrogens is 347 g/mol. The molecule has 4 N–H and O–H groups in total. The van der Waals surface area contributed by atoms with Crippen molar-refractivity contribution in [2.45, 2.75) is 12.2 Å². The third-order valence-corrected chi connectivity index (χ3v) is 3.49. The summed E-state index contributed by atoms with van der Waals surface area (Å²) in [4.78, 5) is 3.64. The number of nitrogens with two attached hydrogens (primary N) is 2. The van der Waals surface area contributed by atoms with Gasteiger partial charge in [-0.1, -0.05) is 23.7 Å². The predicted molar refractivity (Wildman–Crippen MR) is 83.3 cm³/mol. The Bertz CT molecular complexity index is 726. The van der Waals surface area contributed by atoms with Crippen molar-refractivity contribution >= 4 is 11.6 Å². The van der Waals surface area contributed by atoms with Crippen LogP contribution in [0.4, 0.5) is 13.2 Å². The Labute approximate surface area is 141 Å². The number of ether oxygens (including phenoxy) is 2. The first-order chi connectivity index (χ1) is 11.3. The second kappa shape index (κ2) is 7.25. The van der Waals surface area contributed by atoms with Crippen molar-refractivity contribution in [3.63, 3.8) is 0 Å². The van der Waals surface area contributed by atoms with Crippen molar-refractivity contribution in [2.75, 3.05) is 13.7 Å². The van der Waals surface area contributed by atoms with Gasteiger partial charge in [0.05, 0.1) is 12.7 Å². The molecule has 0 radical (unpaired) electrons. The quantitative estimate of drug-likeness (QED) is 0.851. The summed E-state index contributed by atoms with van der Waals surface area (Å²) in [5, 5.41) is -0.289. The van der Waals surface area contributed by atoms with Crippen LogP contribution in [0.25, 0.3) is 0 Å². The number of halogens is 4. The molecule has 2 aromatic rings. The summed E-state index contributed by atoms with van der Waals surface area (Å²) in [7, 11) is 1.42. The summed E-state index contributed by atoms with van der Waals surface area (Å²) in [6, 6.07) is 5.16. The summed E-state index contributed by atoms with van der Waals surface area (Å²) < 4.78 is 48.8. The van der Waals surface area contributed by atoms with E-state index in [0.717, 1.165) is 6.07 Å². The van der Waals surface area contributed by atoms with Gasteiger partial charge in [-0.2, -0.15) is 13.2 Å². The van der Waals surface area contributed by atoms with Crippen LogP contribution in [0.2, 0.25) is 5.02 Å². The predicted octanol–water partition coefficient (Wildman–Crippen LogP) is 3.51. The van der Waals surface area contributed by atoms with Gasteiger partial charge in [-0.05, 0) is 12.1 Å².